The van der Waals surface area contributed by atoms with E-state index in [0.29, 0.717) is 43.4 Å². The zero-order valence-electron chi connectivity index (χ0n) is 19.6. The number of aromatic nitrogens is 5. The molecule has 9 heteroatoms. The van der Waals surface area contributed by atoms with E-state index in [1.54, 1.807) is 26.0 Å². The molecule has 4 aromatic rings. The van der Waals surface area contributed by atoms with Gasteiger partial charge >= 0.3 is 0 Å². The topological polar surface area (TPSA) is 87.4 Å². The molecule has 4 rings (SSSR count). The molecule has 0 saturated heterocycles. The summed E-state index contributed by atoms with van der Waals surface area (Å²) < 4.78 is 18.1. The average Bonchev–Trinajstić information content (AvgIpc) is 3.31. The van der Waals surface area contributed by atoms with Crippen LogP contribution in [-0.4, -0.2) is 51.2 Å². The maximum atomic E-state index is 5.46. The Morgan fingerprint density at radius 3 is 1.85 bits per heavy atom. The van der Waals surface area contributed by atoms with Crippen molar-refractivity contribution < 1.29 is 14.2 Å². The summed E-state index contributed by atoms with van der Waals surface area (Å²) in [7, 11) is 4.80. The first-order valence-corrected chi connectivity index (χ1v) is 10.9. The number of nitrogens with zero attached hydrogens (tertiary/aromatic N) is 6. The lowest BCUT2D eigenvalue weighted by Gasteiger charge is -2.20. The molecular formula is C25H28N6O3. The molecule has 9 nitrogen and oxygen atoms in total. The van der Waals surface area contributed by atoms with Crippen molar-refractivity contribution in [3.05, 3.63) is 89.8 Å². The summed E-state index contributed by atoms with van der Waals surface area (Å²) in [6.07, 6.45) is 5.57. The summed E-state index contributed by atoms with van der Waals surface area (Å²) in [5.74, 6) is 1.77. The molecule has 0 saturated carbocycles. The second-order valence-electron chi connectivity index (χ2n) is 7.73. The molecule has 0 amide bonds. The Morgan fingerprint density at radius 2 is 1.35 bits per heavy atom. The number of hydrogen-bond acceptors (Lipinski definition) is 8. The van der Waals surface area contributed by atoms with Crippen LogP contribution in [0.5, 0.6) is 17.2 Å². The Balaban J connectivity index is 1.50. The van der Waals surface area contributed by atoms with Gasteiger partial charge in [-0.15, -0.1) is 5.10 Å². The quantitative estimate of drug-likeness (QED) is 0.337. The fourth-order valence-electron chi connectivity index (χ4n) is 3.74. The molecule has 0 aliphatic heterocycles. The SMILES string of the molecule is COc1cc(Cn2cc(CN(Cc3ccccn3)Cc3ccccn3)nn2)cc(OC)c1OC. The van der Waals surface area contributed by atoms with E-state index in [9.17, 15) is 0 Å². The molecule has 0 aliphatic rings. The van der Waals surface area contributed by atoms with Crippen molar-refractivity contribution in [1.29, 1.82) is 0 Å². The molecule has 0 fully saturated rings. The van der Waals surface area contributed by atoms with Gasteiger partial charge in [-0.3, -0.25) is 14.9 Å². The van der Waals surface area contributed by atoms with Crippen molar-refractivity contribution in [3.8, 4) is 17.2 Å². The smallest absolute Gasteiger partial charge is 0.203 e. The fourth-order valence-corrected chi connectivity index (χ4v) is 3.74. The van der Waals surface area contributed by atoms with Gasteiger partial charge < -0.3 is 14.2 Å². The van der Waals surface area contributed by atoms with Gasteiger partial charge in [-0.05, 0) is 42.0 Å². The van der Waals surface area contributed by atoms with Crippen LogP contribution in [0.15, 0.2) is 67.1 Å². The second-order valence-corrected chi connectivity index (χ2v) is 7.73. The van der Waals surface area contributed by atoms with Gasteiger partial charge in [0.05, 0.1) is 51.2 Å². The number of pyridine rings is 2. The van der Waals surface area contributed by atoms with Crippen molar-refractivity contribution >= 4 is 0 Å². The van der Waals surface area contributed by atoms with E-state index in [-0.39, 0.29) is 0 Å². The van der Waals surface area contributed by atoms with Crippen LogP contribution in [-0.2, 0) is 26.2 Å². The fraction of sp³-hybridized carbons (Fsp3) is 0.280. The Kier molecular flexibility index (Phi) is 7.67. The molecule has 0 unspecified atom stereocenters. The molecule has 1 aromatic carbocycles. The van der Waals surface area contributed by atoms with Crippen molar-refractivity contribution in [3.63, 3.8) is 0 Å². The minimum absolute atomic E-state index is 0.518. The molecule has 0 aliphatic carbocycles. The molecule has 34 heavy (non-hydrogen) atoms. The lowest BCUT2D eigenvalue weighted by atomic mass is 10.2. The van der Waals surface area contributed by atoms with E-state index in [1.807, 2.05) is 67.1 Å². The molecular weight excluding hydrogens is 432 g/mol. The van der Waals surface area contributed by atoms with Gasteiger partial charge in [0.25, 0.3) is 0 Å². The second kappa shape index (κ2) is 11.2. The summed E-state index contributed by atoms with van der Waals surface area (Å²) in [6.45, 7) is 2.49. The minimum atomic E-state index is 0.518. The van der Waals surface area contributed by atoms with Crippen LogP contribution in [0, 0.1) is 0 Å². The van der Waals surface area contributed by atoms with Crippen molar-refractivity contribution in [2.45, 2.75) is 26.2 Å². The largest absolute Gasteiger partial charge is 0.493 e. The van der Waals surface area contributed by atoms with E-state index in [0.717, 1.165) is 22.6 Å². The highest BCUT2D eigenvalue weighted by Crippen LogP contribution is 2.38. The molecule has 176 valence electrons. The molecule has 3 aromatic heterocycles. The molecule has 0 bridgehead atoms. The Hall–Kier alpha value is -3.98. The van der Waals surface area contributed by atoms with Gasteiger partial charge in [-0.25, -0.2) is 4.68 Å². The van der Waals surface area contributed by atoms with Gasteiger partial charge in [0.1, 0.15) is 0 Å². The van der Waals surface area contributed by atoms with Crippen LogP contribution < -0.4 is 14.2 Å². The van der Waals surface area contributed by atoms with Crippen molar-refractivity contribution in [1.82, 2.24) is 29.9 Å². The van der Waals surface area contributed by atoms with Crippen LogP contribution >= 0.6 is 0 Å². The van der Waals surface area contributed by atoms with E-state index >= 15 is 0 Å². The minimum Gasteiger partial charge on any atom is -0.493 e. The van der Waals surface area contributed by atoms with Gasteiger partial charge in [0.15, 0.2) is 11.5 Å². The van der Waals surface area contributed by atoms with Crippen LogP contribution in [0.25, 0.3) is 0 Å². The van der Waals surface area contributed by atoms with E-state index in [4.69, 9.17) is 14.2 Å². The van der Waals surface area contributed by atoms with Crippen molar-refractivity contribution in [2.75, 3.05) is 21.3 Å². The standard InChI is InChI=1S/C25H28N6O3/c1-32-23-12-19(13-24(33-2)25(23)34-3)14-31-18-22(28-29-31)17-30(15-20-8-4-6-10-26-20)16-21-9-5-7-11-27-21/h4-13,18H,14-17H2,1-3H3. The zero-order chi connectivity index (χ0) is 23.8. The predicted octanol–water partition coefficient (Wildman–Crippen LogP) is 3.34. The first kappa shape index (κ1) is 23.2. The first-order chi connectivity index (χ1) is 16.7. The molecule has 0 spiro atoms. The van der Waals surface area contributed by atoms with E-state index < -0.39 is 0 Å². The van der Waals surface area contributed by atoms with E-state index in [2.05, 4.69) is 25.2 Å². The third-order valence-corrected chi connectivity index (χ3v) is 5.26. The van der Waals surface area contributed by atoms with Gasteiger partial charge in [-0.1, -0.05) is 17.3 Å². The van der Waals surface area contributed by atoms with Gasteiger partial charge in [0.2, 0.25) is 5.75 Å². The monoisotopic (exact) mass is 460 g/mol. The average molecular weight is 461 g/mol. The summed E-state index contributed by atoms with van der Waals surface area (Å²) in [5.41, 5.74) is 3.80. The third-order valence-electron chi connectivity index (χ3n) is 5.26. The van der Waals surface area contributed by atoms with Crippen molar-refractivity contribution in [2.24, 2.45) is 0 Å². The number of ether oxygens (including phenoxy) is 3. The summed E-state index contributed by atoms with van der Waals surface area (Å²) in [6, 6.07) is 15.7. The lowest BCUT2D eigenvalue weighted by molar-refractivity contribution is 0.238. The first-order valence-electron chi connectivity index (χ1n) is 10.9. The normalized spacial score (nSPS) is 10.9. The summed E-state index contributed by atoms with van der Waals surface area (Å²) in [5, 5.41) is 8.73. The Morgan fingerprint density at radius 1 is 0.765 bits per heavy atom. The highest BCUT2D eigenvalue weighted by molar-refractivity contribution is 5.53. The molecule has 0 N–H and O–H groups in total. The highest BCUT2D eigenvalue weighted by Gasteiger charge is 2.15. The number of rotatable bonds is 11. The van der Waals surface area contributed by atoms with E-state index in [1.165, 1.54) is 0 Å². The van der Waals surface area contributed by atoms with Crippen LogP contribution in [0.3, 0.4) is 0 Å². The summed E-state index contributed by atoms with van der Waals surface area (Å²) in [4.78, 5) is 11.2. The maximum absolute atomic E-state index is 5.46. The molecule has 0 radical (unpaired) electrons. The van der Waals surface area contributed by atoms with Crippen LogP contribution in [0.2, 0.25) is 0 Å². The molecule has 3 heterocycles. The summed E-state index contributed by atoms with van der Waals surface area (Å²) >= 11 is 0. The highest BCUT2D eigenvalue weighted by atomic mass is 16.5. The van der Waals surface area contributed by atoms with Crippen LogP contribution in [0.1, 0.15) is 22.6 Å². The molecule has 0 atom stereocenters. The number of hydrogen-bond donors (Lipinski definition) is 0. The zero-order valence-corrected chi connectivity index (χ0v) is 19.6. The van der Waals surface area contributed by atoms with Gasteiger partial charge in [-0.2, -0.15) is 0 Å². The Bertz CT molecular complexity index is 1120. The number of methoxy groups -OCH3 is 3. The number of benzene rings is 1. The predicted molar refractivity (Wildman–Crippen MR) is 127 cm³/mol. The lowest BCUT2D eigenvalue weighted by Crippen LogP contribution is -2.23. The van der Waals surface area contributed by atoms with Crippen LogP contribution in [0.4, 0.5) is 0 Å². The van der Waals surface area contributed by atoms with Gasteiger partial charge in [0, 0.05) is 32.0 Å². The maximum Gasteiger partial charge on any atom is 0.203 e. The Labute approximate surface area is 198 Å². The third kappa shape index (κ3) is 5.87.